The average Bonchev–Trinajstić information content (AvgIpc) is 2.93. The molecular weight excluding hydrogens is 543 g/mol. The van der Waals surface area contributed by atoms with E-state index >= 15 is 0 Å². The van der Waals surface area contributed by atoms with Crippen molar-refractivity contribution in [2.75, 3.05) is 36.5 Å². The lowest BCUT2D eigenvalue weighted by Gasteiger charge is -2.45. The van der Waals surface area contributed by atoms with Gasteiger partial charge in [-0.3, -0.25) is 9.88 Å². The maximum absolute atomic E-state index is 14.3. The molecule has 3 aromatic rings. The van der Waals surface area contributed by atoms with Crippen LogP contribution in [0.4, 0.5) is 21.0 Å². The van der Waals surface area contributed by atoms with E-state index in [9.17, 15) is 9.59 Å². The zero-order valence-corrected chi connectivity index (χ0v) is 22.8. The molecule has 0 aliphatic carbocycles. The highest BCUT2D eigenvalue weighted by Gasteiger charge is 2.39. The molecule has 2 aliphatic rings. The van der Waals surface area contributed by atoms with Crippen LogP contribution in [-0.2, 0) is 0 Å². The van der Waals surface area contributed by atoms with Crippen molar-refractivity contribution in [2.45, 2.75) is 31.3 Å². The summed E-state index contributed by atoms with van der Waals surface area (Å²) < 4.78 is 10.8. The van der Waals surface area contributed by atoms with Gasteiger partial charge < -0.3 is 24.4 Å². The van der Waals surface area contributed by atoms with Crippen LogP contribution >= 0.6 is 23.2 Å². The van der Waals surface area contributed by atoms with E-state index in [0.29, 0.717) is 40.1 Å². The predicted octanol–water partition coefficient (Wildman–Crippen LogP) is 6.50. The number of fused-ring (bicyclic) bond motifs is 1. The molecule has 9 nitrogen and oxygen atoms in total. The number of pyridine rings is 1. The Balaban J connectivity index is 1.49. The predicted molar refractivity (Wildman–Crippen MR) is 150 cm³/mol. The van der Waals surface area contributed by atoms with Gasteiger partial charge in [-0.25, -0.2) is 9.59 Å². The summed E-state index contributed by atoms with van der Waals surface area (Å²) in [6.07, 6.45) is 4.18. The van der Waals surface area contributed by atoms with Crippen LogP contribution in [0.2, 0.25) is 10.0 Å². The SMILES string of the molecule is CN(C(=O)N(C1CCN(c2ccncc2)CC1)C1CCOc2ccc(OC(=O)O)cc21)c1ccc(Cl)cc1Cl. The van der Waals surface area contributed by atoms with Crippen LogP contribution in [0.1, 0.15) is 30.9 Å². The molecule has 1 unspecified atom stereocenters. The van der Waals surface area contributed by atoms with Crippen molar-refractivity contribution in [3.8, 4) is 11.5 Å². The Morgan fingerprint density at radius 2 is 1.79 bits per heavy atom. The molecule has 11 heteroatoms. The van der Waals surface area contributed by atoms with Gasteiger partial charge in [-0.1, -0.05) is 23.2 Å². The fourth-order valence-electron chi connectivity index (χ4n) is 5.34. The summed E-state index contributed by atoms with van der Waals surface area (Å²) in [5.41, 5.74) is 2.35. The van der Waals surface area contributed by atoms with Crippen molar-refractivity contribution in [2.24, 2.45) is 0 Å². The average molecular weight is 571 g/mol. The number of aromatic nitrogens is 1. The number of carboxylic acid groups (broad SMARTS) is 1. The first-order valence-corrected chi connectivity index (χ1v) is 13.4. The number of hydrogen-bond acceptors (Lipinski definition) is 6. The van der Waals surface area contributed by atoms with Gasteiger partial charge in [-0.15, -0.1) is 0 Å². The summed E-state index contributed by atoms with van der Waals surface area (Å²) in [4.78, 5) is 35.3. The van der Waals surface area contributed by atoms with Gasteiger partial charge in [0.15, 0.2) is 0 Å². The second-order valence-corrected chi connectivity index (χ2v) is 10.3. The minimum Gasteiger partial charge on any atom is -0.493 e. The lowest BCUT2D eigenvalue weighted by atomic mass is 9.94. The van der Waals surface area contributed by atoms with E-state index in [0.717, 1.165) is 31.6 Å². The zero-order valence-electron chi connectivity index (χ0n) is 21.3. The summed E-state index contributed by atoms with van der Waals surface area (Å²) in [5, 5.41) is 10.00. The van der Waals surface area contributed by atoms with Crippen LogP contribution < -0.4 is 19.3 Å². The van der Waals surface area contributed by atoms with Crippen molar-refractivity contribution in [1.29, 1.82) is 0 Å². The first kappa shape index (κ1) is 26.9. The smallest absolute Gasteiger partial charge is 0.493 e. The van der Waals surface area contributed by atoms with Gasteiger partial charge in [0, 0.05) is 61.3 Å². The number of nitrogens with zero attached hydrogens (tertiary/aromatic N) is 4. The summed E-state index contributed by atoms with van der Waals surface area (Å²) >= 11 is 12.6. The fraction of sp³-hybridized carbons (Fsp3) is 0.321. The number of carbonyl (C=O) groups excluding carboxylic acids is 1. The molecule has 204 valence electrons. The third-order valence-electron chi connectivity index (χ3n) is 7.19. The molecular formula is C28H28Cl2N4O5. The molecule has 0 saturated carbocycles. The number of halogens is 2. The highest BCUT2D eigenvalue weighted by molar-refractivity contribution is 6.36. The summed E-state index contributed by atoms with van der Waals surface area (Å²) in [6, 6.07) is 13.2. The standard InChI is InChI=1S/C28H28Cl2N4O5/c1-32(25-4-2-18(29)16-23(25)30)27(35)34(20-8-13-33(14-9-20)19-6-11-31-12-7-19)24-10-15-38-26-5-3-21(17-22(24)26)39-28(36)37/h2-7,11-12,16-17,20,24H,8-10,13-15H2,1H3,(H,36,37). The number of carbonyl (C=O) groups is 2. The summed E-state index contributed by atoms with van der Waals surface area (Å²) in [6.45, 7) is 1.95. The Labute approximate surface area is 236 Å². The van der Waals surface area contributed by atoms with Gasteiger partial charge >= 0.3 is 12.2 Å². The monoisotopic (exact) mass is 570 g/mol. The third kappa shape index (κ3) is 5.84. The Morgan fingerprint density at radius 3 is 2.49 bits per heavy atom. The van der Waals surface area contributed by atoms with Gasteiger partial charge in [0.2, 0.25) is 0 Å². The molecule has 1 N–H and O–H groups in total. The number of benzene rings is 2. The highest BCUT2D eigenvalue weighted by Crippen LogP contribution is 2.42. The lowest BCUT2D eigenvalue weighted by Crippen LogP contribution is -2.53. The number of ether oxygens (including phenoxy) is 2. The number of piperidine rings is 1. The summed E-state index contributed by atoms with van der Waals surface area (Å²) in [5.74, 6) is 0.772. The molecule has 1 fully saturated rings. The molecule has 2 aliphatic heterocycles. The van der Waals surface area contributed by atoms with E-state index in [1.807, 2.05) is 17.0 Å². The molecule has 0 bridgehead atoms. The van der Waals surface area contributed by atoms with Crippen molar-refractivity contribution in [3.63, 3.8) is 0 Å². The van der Waals surface area contributed by atoms with Crippen molar-refractivity contribution in [3.05, 3.63) is 76.5 Å². The molecule has 1 aromatic heterocycles. The van der Waals surface area contributed by atoms with Crippen LogP contribution in [0.25, 0.3) is 0 Å². The van der Waals surface area contributed by atoms with Crippen LogP contribution in [0, 0.1) is 0 Å². The Kier molecular flexibility index (Phi) is 7.99. The maximum Gasteiger partial charge on any atom is 0.511 e. The van der Waals surface area contributed by atoms with Crippen LogP contribution in [0.5, 0.6) is 11.5 Å². The molecule has 39 heavy (non-hydrogen) atoms. The number of urea groups is 1. The molecule has 2 amide bonds. The number of anilines is 2. The Morgan fingerprint density at radius 1 is 1.05 bits per heavy atom. The molecule has 5 rings (SSSR count). The van der Waals surface area contributed by atoms with Crippen molar-refractivity contribution in [1.82, 2.24) is 9.88 Å². The number of amides is 2. The van der Waals surface area contributed by atoms with Crippen LogP contribution in [0.3, 0.4) is 0 Å². The van der Waals surface area contributed by atoms with E-state index in [1.165, 1.54) is 0 Å². The normalized spacial score (nSPS) is 17.1. The first-order valence-electron chi connectivity index (χ1n) is 12.7. The van der Waals surface area contributed by atoms with Gasteiger partial charge in [0.25, 0.3) is 0 Å². The summed E-state index contributed by atoms with van der Waals surface area (Å²) in [7, 11) is 1.70. The van der Waals surface area contributed by atoms with Crippen molar-refractivity contribution < 1.29 is 24.2 Å². The van der Waals surface area contributed by atoms with Crippen LogP contribution in [0.15, 0.2) is 60.9 Å². The van der Waals surface area contributed by atoms with Crippen molar-refractivity contribution >= 4 is 46.8 Å². The second-order valence-electron chi connectivity index (χ2n) is 9.49. The Hall–Kier alpha value is -3.69. The lowest BCUT2D eigenvalue weighted by molar-refractivity contribution is 0.109. The van der Waals surface area contributed by atoms with E-state index < -0.39 is 6.16 Å². The minimum absolute atomic E-state index is 0.0795. The largest absolute Gasteiger partial charge is 0.511 e. The molecule has 1 saturated heterocycles. The van der Waals surface area contributed by atoms with E-state index in [1.54, 1.807) is 60.7 Å². The topological polar surface area (TPSA) is 95.4 Å². The van der Waals surface area contributed by atoms with Crippen LogP contribution in [-0.4, -0.2) is 60.0 Å². The molecule has 2 aromatic carbocycles. The van der Waals surface area contributed by atoms with Gasteiger partial charge in [0.05, 0.1) is 23.4 Å². The molecule has 1 atom stereocenters. The highest BCUT2D eigenvalue weighted by atomic mass is 35.5. The maximum atomic E-state index is 14.3. The molecule has 0 radical (unpaired) electrons. The van der Waals surface area contributed by atoms with E-state index in [-0.39, 0.29) is 23.9 Å². The number of rotatable bonds is 5. The Bertz CT molecular complexity index is 1350. The van der Waals surface area contributed by atoms with Gasteiger partial charge in [0.1, 0.15) is 11.5 Å². The molecule has 0 spiro atoms. The fourth-order valence-corrected chi connectivity index (χ4v) is 5.87. The quantitative estimate of drug-likeness (QED) is 0.276. The zero-order chi connectivity index (χ0) is 27.5. The van der Waals surface area contributed by atoms with E-state index in [4.69, 9.17) is 37.8 Å². The third-order valence-corrected chi connectivity index (χ3v) is 7.73. The minimum atomic E-state index is -1.41. The van der Waals surface area contributed by atoms with E-state index in [2.05, 4.69) is 9.88 Å². The van der Waals surface area contributed by atoms with Gasteiger partial charge in [-0.2, -0.15) is 0 Å². The second kappa shape index (κ2) is 11.6. The van der Waals surface area contributed by atoms with Gasteiger partial charge in [-0.05, 0) is 61.4 Å². The number of hydrogen-bond donors (Lipinski definition) is 1. The molecule has 3 heterocycles. The first-order chi connectivity index (χ1) is 18.8.